The molecule has 0 aromatic carbocycles. The van der Waals surface area contributed by atoms with E-state index in [1.165, 1.54) is 21.3 Å². The third-order valence-corrected chi connectivity index (χ3v) is 4.43. The van der Waals surface area contributed by atoms with Crippen molar-refractivity contribution in [2.24, 2.45) is 7.05 Å². The average molecular weight is 267 g/mol. The normalized spacial score (nSPS) is 18.1. The third kappa shape index (κ3) is 2.37. The molecule has 1 N–H and O–H groups in total. The lowest BCUT2D eigenvalue weighted by atomic mass is 10.4. The van der Waals surface area contributed by atoms with Crippen LogP contribution in [0, 0.1) is 0 Å². The van der Waals surface area contributed by atoms with Gasteiger partial charge >= 0.3 is 0 Å². The number of piperazine rings is 1. The second-order valence-electron chi connectivity index (χ2n) is 3.45. The Morgan fingerprint density at radius 1 is 1.38 bits per heavy atom. The van der Waals surface area contributed by atoms with Crippen molar-refractivity contribution in [3.63, 3.8) is 0 Å². The van der Waals surface area contributed by atoms with Gasteiger partial charge in [-0.1, -0.05) is 0 Å². The summed E-state index contributed by atoms with van der Waals surface area (Å²) in [7, 11) is -1.72. The van der Waals surface area contributed by atoms with E-state index in [2.05, 4.69) is 10.4 Å². The topological polar surface area (TPSA) is 67.2 Å². The van der Waals surface area contributed by atoms with Crippen LogP contribution >= 0.6 is 12.4 Å². The van der Waals surface area contributed by atoms with Crippen LogP contribution in [0.3, 0.4) is 0 Å². The van der Waals surface area contributed by atoms with E-state index in [0.29, 0.717) is 26.2 Å². The molecule has 0 amide bonds. The van der Waals surface area contributed by atoms with E-state index < -0.39 is 10.0 Å². The Balaban J connectivity index is 0.00000128. The standard InChI is InChI=1S/C8H14N4O2S.ClH/c1-11-8(2-3-10-11)15(13,14)12-6-4-9-5-7-12;/h2-3,9H,4-7H2,1H3;1H. The molecule has 0 atom stereocenters. The number of aryl methyl sites for hydroxylation is 1. The fourth-order valence-corrected chi connectivity index (χ4v) is 3.17. The quantitative estimate of drug-likeness (QED) is 0.779. The molecule has 1 aliphatic heterocycles. The Kier molecular flexibility index (Phi) is 4.31. The molecule has 1 aliphatic rings. The van der Waals surface area contributed by atoms with Gasteiger partial charge in [-0.2, -0.15) is 9.40 Å². The van der Waals surface area contributed by atoms with Crippen molar-refractivity contribution in [2.45, 2.75) is 5.03 Å². The summed E-state index contributed by atoms with van der Waals surface area (Å²) in [5.74, 6) is 0. The fourth-order valence-electron chi connectivity index (χ4n) is 1.63. The molecular formula is C8H15ClN4O2S. The van der Waals surface area contributed by atoms with E-state index in [9.17, 15) is 8.42 Å². The summed E-state index contributed by atoms with van der Waals surface area (Å²) in [6, 6.07) is 1.53. The Morgan fingerprint density at radius 3 is 2.50 bits per heavy atom. The van der Waals surface area contributed by atoms with Gasteiger partial charge in [0.2, 0.25) is 0 Å². The van der Waals surface area contributed by atoms with E-state index in [1.54, 1.807) is 7.05 Å². The van der Waals surface area contributed by atoms with Crippen LogP contribution in [0.4, 0.5) is 0 Å². The predicted octanol–water partition coefficient (Wildman–Crippen LogP) is -0.564. The summed E-state index contributed by atoms with van der Waals surface area (Å²) in [5, 5.41) is 7.25. The van der Waals surface area contributed by atoms with Gasteiger partial charge in [-0.05, 0) is 6.07 Å². The lowest BCUT2D eigenvalue weighted by Gasteiger charge is -2.26. The van der Waals surface area contributed by atoms with Crippen molar-refractivity contribution in [1.29, 1.82) is 0 Å². The van der Waals surface area contributed by atoms with Crippen LogP contribution in [0.5, 0.6) is 0 Å². The first-order valence-corrected chi connectivity index (χ1v) is 6.25. The highest BCUT2D eigenvalue weighted by Crippen LogP contribution is 2.14. The van der Waals surface area contributed by atoms with Gasteiger partial charge in [0.1, 0.15) is 0 Å². The van der Waals surface area contributed by atoms with Crippen molar-refractivity contribution in [3.05, 3.63) is 12.3 Å². The van der Waals surface area contributed by atoms with Crippen molar-refractivity contribution >= 4 is 22.4 Å². The molecule has 0 bridgehead atoms. The van der Waals surface area contributed by atoms with Gasteiger partial charge in [-0.3, -0.25) is 4.68 Å². The van der Waals surface area contributed by atoms with Gasteiger partial charge in [0.25, 0.3) is 10.0 Å². The monoisotopic (exact) mass is 266 g/mol. The highest BCUT2D eigenvalue weighted by molar-refractivity contribution is 7.89. The molecule has 1 aromatic heterocycles. The third-order valence-electron chi connectivity index (χ3n) is 2.46. The number of aromatic nitrogens is 2. The maximum absolute atomic E-state index is 12.1. The maximum atomic E-state index is 12.1. The maximum Gasteiger partial charge on any atom is 0.260 e. The van der Waals surface area contributed by atoms with Crippen LogP contribution < -0.4 is 5.32 Å². The summed E-state index contributed by atoms with van der Waals surface area (Å²) in [4.78, 5) is 0. The van der Waals surface area contributed by atoms with E-state index >= 15 is 0 Å². The van der Waals surface area contributed by atoms with Gasteiger partial charge < -0.3 is 5.32 Å². The van der Waals surface area contributed by atoms with Gasteiger partial charge in [0.15, 0.2) is 5.03 Å². The molecule has 1 fully saturated rings. The number of nitrogens with zero attached hydrogens (tertiary/aromatic N) is 3. The molecule has 0 radical (unpaired) electrons. The minimum Gasteiger partial charge on any atom is -0.314 e. The van der Waals surface area contributed by atoms with E-state index in [4.69, 9.17) is 0 Å². The van der Waals surface area contributed by atoms with Gasteiger partial charge in [0, 0.05) is 33.2 Å². The van der Waals surface area contributed by atoms with Crippen LogP contribution in [0.1, 0.15) is 0 Å². The summed E-state index contributed by atoms with van der Waals surface area (Å²) in [6.07, 6.45) is 1.50. The Labute approximate surface area is 101 Å². The molecule has 16 heavy (non-hydrogen) atoms. The zero-order chi connectivity index (χ0) is 10.9. The number of nitrogens with one attached hydrogen (secondary N) is 1. The second-order valence-corrected chi connectivity index (χ2v) is 5.33. The minimum absolute atomic E-state index is 0. The molecule has 8 heteroatoms. The van der Waals surface area contributed by atoms with Crippen LogP contribution in [0.15, 0.2) is 17.3 Å². The molecule has 0 unspecified atom stereocenters. The Hall–Kier alpha value is -0.630. The van der Waals surface area contributed by atoms with Crippen LogP contribution in [-0.2, 0) is 17.1 Å². The van der Waals surface area contributed by atoms with Gasteiger partial charge in [0.05, 0.1) is 6.20 Å². The molecule has 2 heterocycles. The molecule has 1 saturated heterocycles. The first-order valence-electron chi connectivity index (χ1n) is 4.81. The van der Waals surface area contributed by atoms with Crippen LogP contribution in [0.25, 0.3) is 0 Å². The van der Waals surface area contributed by atoms with Crippen LogP contribution in [-0.4, -0.2) is 48.7 Å². The van der Waals surface area contributed by atoms with Crippen molar-refractivity contribution in [3.8, 4) is 0 Å². The van der Waals surface area contributed by atoms with Gasteiger partial charge in [-0.15, -0.1) is 12.4 Å². The number of hydrogen-bond donors (Lipinski definition) is 1. The minimum atomic E-state index is -3.36. The van der Waals surface area contributed by atoms with Crippen molar-refractivity contribution < 1.29 is 8.42 Å². The summed E-state index contributed by atoms with van der Waals surface area (Å²) in [5.41, 5.74) is 0. The summed E-state index contributed by atoms with van der Waals surface area (Å²) >= 11 is 0. The van der Waals surface area contributed by atoms with E-state index in [1.807, 2.05) is 0 Å². The first kappa shape index (κ1) is 13.4. The Morgan fingerprint density at radius 2 is 2.00 bits per heavy atom. The molecule has 0 aliphatic carbocycles. The molecule has 1 aromatic rings. The number of hydrogen-bond acceptors (Lipinski definition) is 4. The number of halogens is 1. The lowest BCUT2D eigenvalue weighted by molar-refractivity contribution is 0.357. The molecule has 2 rings (SSSR count). The zero-order valence-corrected chi connectivity index (χ0v) is 10.6. The average Bonchev–Trinajstić information content (AvgIpc) is 2.66. The molecule has 6 nitrogen and oxygen atoms in total. The van der Waals surface area contributed by atoms with Crippen molar-refractivity contribution in [1.82, 2.24) is 19.4 Å². The fraction of sp³-hybridized carbons (Fsp3) is 0.625. The van der Waals surface area contributed by atoms with E-state index in [0.717, 1.165) is 0 Å². The highest BCUT2D eigenvalue weighted by Gasteiger charge is 2.27. The highest BCUT2D eigenvalue weighted by atomic mass is 35.5. The molecule has 0 saturated carbocycles. The summed E-state index contributed by atoms with van der Waals surface area (Å²) in [6.45, 7) is 2.45. The largest absolute Gasteiger partial charge is 0.314 e. The molecular weight excluding hydrogens is 252 g/mol. The van der Waals surface area contributed by atoms with Gasteiger partial charge in [-0.25, -0.2) is 8.42 Å². The smallest absolute Gasteiger partial charge is 0.260 e. The van der Waals surface area contributed by atoms with Crippen LogP contribution in [0.2, 0.25) is 0 Å². The zero-order valence-electron chi connectivity index (χ0n) is 8.96. The van der Waals surface area contributed by atoms with Crippen molar-refractivity contribution in [2.75, 3.05) is 26.2 Å². The SMILES string of the molecule is Cl.Cn1nccc1S(=O)(=O)N1CCNCC1. The summed E-state index contributed by atoms with van der Waals surface area (Å²) < 4.78 is 27.1. The number of rotatable bonds is 2. The predicted molar refractivity (Wildman–Crippen MR) is 62.1 cm³/mol. The van der Waals surface area contributed by atoms with E-state index in [-0.39, 0.29) is 17.4 Å². The lowest BCUT2D eigenvalue weighted by Crippen LogP contribution is -2.46. The molecule has 92 valence electrons. The first-order chi connectivity index (χ1) is 7.12. The molecule has 0 spiro atoms. The Bertz CT molecular complexity index is 439. The number of sulfonamides is 1. The second kappa shape index (κ2) is 5.13.